The van der Waals surface area contributed by atoms with Gasteiger partial charge < -0.3 is 14.3 Å². The van der Waals surface area contributed by atoms with Crippen molar-refractivity contribution in [2.24, 2.45) is 0 Å². The summed E-state index contributed by atoms with van der Waals surface area (Å²) in [5.41, 5.74) is 0. The molecule has 1 rings (SSSR count). The Kier molecular flexibility index (Phi) is 13.9. The predicted octanol–water partition coefficient (Wildman–Crippen LogP) is 6.41. The Morgan fingerprint density at radius 1 is 0.800 bits per heavy atom. The highest BCUT2D eigenvalue weighted by Gasteiger charge is 2.17. The summed E-state index contributed by atoms with van der Waals surface area (Å²) in [7, 11) is -1.21. The molecule has 0 aliphatic carbocycles. The topological polar surface area (TPSA) is 38.7 Å². The number of halogens is 1. The maximum absolute atomic E-state index is 9.67. The smallest absolute Gasteiger partial charge is 0.512 e. The van der Waals surface area contributed by atoms with Gasteiger partial charge in [-0.3, -0.25) is 0 Å². The molecule has 0 amide bonds. The molecule has 25 heavy (non-hydrogen) atoms. The highest BCUT2D eigenvalue weighted by molar-refractivity contribution is 6.35. The quantitative estimate of drug-likeness (QED) is 0.270. The SMILES string of the molecule is CCCCCCCCCCCCCCOB(O)Oc1ccc(Cl)cc1. The van der Waals surface area contributed by atoms with Crippen LogP contribution in [0, 0.1) is 0 Å². The van der Waals surface area contributed by atoms with Crippen LogP contribution in [-0.2, 0) is 4.65 Å². The van der Waals surface area contributed by atoms with Crippen LogP contribution >= 0.6 is 11.6 Å². The minimum Gasteiger partial charge on any atom is -0.512 e. The van der Waals surface area contributed by atoms with Crippen LogP contribution in [-0.4, -0.2) is 19.0 Å². The van der Waals surface area contributed by atoms with Crippen LogP contribution in [0.15, 0.2) is 24.3 Å². The minimum atomic E-state index is -1.21. The van der Waals surface area contributed by atoms with Gasteiger partial charge in [-0.25, -0.2) is 0 Å². The highest BCUT2D eigenvalue weighted by Crippen LogP contribution is 2.16. The number of hydrogen-bond acceptors (Lipinski definition) is 3. The number of rotatable bonds is 16. The van der Waals surface area contributed by atoms with E-state index in [1.54, 1.807) is 24.3 Å². The van der Waals surface area contributed by atoms with Gasteiger partial charge in [0.15, 0.2) is 0 Å². The Balaban J connectivity index is 1.84. The van der Waals surface area contributed by atoms with Crippen LogP contribution in [0.1, 0.15) is 84.0 Å². The lowest BCUT2D eigenvalue weighted by atomic mass is 10.1. The van der Waals surface area contributed by atoms with Crippen molar-refractivity contribution in [1.82, 2.24) is 0 Å². The summed E-state index contributed by atoms with van der Waals surface area (Å²) in [5, 5.41) is 10.3. The van der Waals surface area contributed by atoms with E-state index in [4.69, 9.17) is 20.9 Å². The molecule has 1 N–H and O–H groups in total. The van der Waals surface area contributed by atoms with E-state index in [-0.39, 0.29) is 0 Å². The van der Waals surface area contributed by atoms with Crippen LogP contribution in [0.25, 0.3) is 0 Å². The van der Waals surface area contributed by atoms with Crippen LogP contribution in [0.4, 0.5) is 0 Å². The Labute approximate surface area is 159 Å². The zero-order valence-corrected chi connectivity index (χ0v) is 16.5. The molecule has 142 valence electrons. The largest absolute Gasteiger partial charge is 0.710 e. The lowest BCUT2D eigenvalue weighted by Gasteiger charge is -2.10. The van der Waals surface area contributed by atoms with Gasteiger partial charge in [0, 0.05) is 11.6 Å². The lowest BCUT2D eigenvalue weighted by molar-refractivity contribution is 0.189. The summed E-state index contributed by atoms with van der Waals surface area (Å²) in [6, 6.07) is 6.85. The molecule has 0 atom stereocenters. The Bertz CT molecular complexity index is 414. The van der Waals surface area contributed by atoms with Crippen molar-refractivity contribution in [3.8, 4) is 5.75 Å². The molecule has 0 spiro atoms. The van der Waals surface area contributed by atoms with Crippen molar-refractivity contribution in [1.29, 1.82) is 0 Å². The summed E-state index contributed by atoms with van der Waals surface area (Å²) in [4.78, 5) is 0. The Morgan fingerprint density at radius 2 is 1.28 bits per heavy atom. The van der Waals surface area contributed by atoms with Crippen LogP contribution in [0.5, 0.6) is 5.75 Å². The van der Waals surface area contributed by atoms with Gasteiger partial charge in [0.2, 0.25) is 0 Å². The van der Waals surface area contributed by atoms with Gasteiger partial charge in [0.25, 0.3) is 0 Å². The van der Waals surface area contributed by atoms with Gasteiger partial charge in [-0.2, -0.15) is 0 Å². The normalized spacial score (nSPS) is 10.8. The third-order valence-corrected chi connectivity index (χ3v) is 4.56. The average Bonchev–Trinajstić information content (AvgIpc) is 2.61. The summed E-state index contributed by atoms with van der Waals surface area (Å²) < 4.78 is 10.5. The maximum atomic E-state index is 9.67. The molecule has 0 bridgehead atoms. The standard InChI is InChI=1S/C20H34BClO3/c1-2-3-4-5-6-7-8-9-10-11-12-13-18-24-21(23)25-20-16-14-19(22)15-17-20/h14-17,23H,2-13,18H2,1H3. The maximum Gasteiger partial charge on any atom is 0.710 e. The third-order valence-electron chi connectivity index (χ3n) is 4.31. The fourth-order valence-corrected chi connectivity index (χ4v) is 2.92. The van der Waals surface area contributed by atoms with E-state index < -0.39 is 7.32 Å². The Hall–Kier alpha value is -0.705. The minimum absolute atomic E-state index is 0.520. The van der Waals surface area contributed by atoms with E-state index in [0.29, 0.717) is 17.4 Å². The van der Waals surface area contributed by atoms with Crippen molar-refractivity contribution in [3.05, 3.63) is 29.3 Å². The fourth-order valence-electron chi connectivity index (χ4n) is 2.79. The lowest BCUT2D eigenvalue weighted by Crippen LogP contribution is -2.26. The van der Waals surface area contributed by atoms with Gasteiger partial charge in [-0.15, -0.1) is 0 Å². The summed E-state index contributed by atoms with van der Waals surface area (Å²) in [6.07, 6.45) is 15.7. The number of benzene rings is 1. The molecule has 0 saturated heterocycles. The van der Waals surface area contributed by atoms with Crippen LogP contribution < -0.4 is 4.65 Å². The number of hydrogen-bond donors (Lipinski definition) is 1. The molecule has 0 unspecified atom stereocenters. The first kappa shape index (κ1) is 22.3. The van der Waals surface area contributed by atoms with E-state index in [9.17, 15) is 5.02 Å². The molecule has 1 aromatic carbocycles. The van der Waals surface area contributed by atoms with E-state index >= 15 is 0 Å². The van der Waals surface area contributed by atoms with Gasteiger partial charge >= 0.3 is 7.32 Å². The molecule has 0 radical (unpaired) electrons. The monoisotopic (exact) mass is 368 g/mol. The zero-order valence-electron chi connectivity index (χ0n) is 15.7. The van der Waals surface area contributed by atoms with Gasteiger partial charge in [0.1, 0.15) is 5.75 Å². The van der Waals surface area contributed by atoms with Crippen molar-refractivity contribution in [2.75, 3.05) is 6.61 Å². The first-order valence-electron chi connectivity index (χ1n) is 9.94. The second kappa shape index (κ2) is 15.5. The molecule has 0 aliphatic rings. The first-order valence-corrected chi connectivity index (χ1v) is 10.3. The Morgan fingerprint density at radius 3 is 1.80 bits per heavy atom. The molecule has 5 heteroatoms. The van der Waals surface area contributed by atoms with Gasteiger partial charge in [0.05, 0.1) is 0 Å². The summed E-state index contributed by atoms with van der Waals surface area (Å²) in [5.74, 6) is 0.548. The predicted molar refractivity (Wildman–Crippen MR) is 107 cm³/mol. The molecule has 3 nitrogen and oxygen atoms in total. The summed E-state index contributed by atoms with van der Waals surface area (Å²) in [6.45, 7) is 2.78. The molecule has 0 heterocycles. The van der Waals surface area contributed by atoms with Gasteiger partial charge in [-0.05, 0) is 30.7 Å². The zero-order chi connectivity index (χ0) is 18.2. The van der Waals surface area contributed by atoms with Crippen molar-refractivity contribution in [2.45, 2.75) is 84.0 Å². The molecule has 0 fully saturated rings. The molecule has 0 aromatic heterocycles. The second-order valence-electron chi connectivity index (χ2n) is 6.64. The van der Waals surface area contributed by atoms with Gasteiger partial charge in [-0.1, -0.05) is 89.2 Å². The van der Waals surface area contributed by atoms with Crippen molar-refractivity contribution >= 4 is 18.9 Å². The van der Waals surface area contributed by atoms with E-state index in [1.807, 2.05) is 0 Å². The number of unbranched alkanes of at least 4 members (excludes halogenated alkanes) is 11. The molecular weight excluding hydrogens is 334 g/mol. The first-order chi connectivity index (χ1) is 12.2. The summed E-state index contributed by atoms with van der Waals surface area (Å²) >= 11 is 5.80. The van der Waals surface area contributed by atoms with Crippen LogP contribution in [0.2, 0.25) is 5.02 Å². The van der Waals surface area contributed by atoms with E-state index in [1.165, 1.54) is 64.2 Å². The molecular formula is C20H34BClO3. The van der Waals surface area contributed by atoms with Crippen molar-refractivity contribution < 1.29 is 14.3 Å². The third kappa shape index (κ3) is 13.2. The average molecular weight is 369 g/mol. The van der Waals surface area contributed by atoms with E-state index in [0.717, 1.165) is 12.8 Å². The highest BCUT2D eigenvalue weighted by atomic mass is 35.5. The second-order valence-corrected chi connectivity index (χ2v) is 7.08. The van der Waals surface area contributed by atoms with Crippen LogP contribution in [0.3, 0.4) is 0 Å². The molecule has 0 aliphatic heterocycles. The fraction of sp³-hybridized carbons (Fsp3) is 0.700. The van der Waals surface area contributed by atoms with E-state index in [2.05, 4.69) is 6.92 Å². The molecule has 1 aromatic rings. The molecule has 0 saturated carbocycles. The van der Waals surface area contributed by atoms with Crippen molar-refractivity contribution in [3.63, 3.8) is 0 Å².